The molecule has 38 heavy (non-hydrogen) atoms. The van der Waals surface area contributed by atoms with E-state index < -0.39 is 0 Å². The number of benzene rings is 2. The third-order valence-electron chi connectivity index (χ3n) is 7.34. The van der Waals surface area contributed by atoms with E-state index in [-0.39, 0.29) is 10.8 Å². The van der Waals surface area contributed by atoms with Crippen LogP contribution in [0.15, 0.2) is 60.2 Å². The standard InChI is InChI=1S/C32H42N4OS/c1-31(2,3)26-19-22(20-27(29(26)37)32(4,5)6)21-35-15-17-36(18-16-35)24-13-11-23(12-14-24)34-30(33)25-9-7-8-10-28(25)38/h7-9,11-14,19-20,37H,10,15-18,21H2,1-6H3,(H2,33,34). The van der Waals surface area contributed by atoms with E-state index in [0.717, 1.165) is 66.4 Å². The molecule has 0 atom stereocenters. The molecule has 5 nitrogen and oxygen atoms in total. The Balaban J connectivity index is 1.38. The molecule has 0 radical (unpaired) electrons. The summed E-state index contributed by atoms with van der Waals surface area (Å²) in [4.78, 5) is 5.73. The van der Waals surface area contributed by atoms with Crippen LogP contribution in [0.2, 0.25) is 0 Å². The molecule has 0 bridgehead atoms. The molecular weight excluding hydrogens is 488 g/mol. The highest BCUT2D eigenvalue weighted by Crippen LogP contribution is 2.40. The zero-order valence-corrected chi connectivity index (χ0v) is 24.5. The fraction of sp³-hybridized carbons (Fsp3) is 0.438. The van der Waals surface area contributed by atoms with Crippen LogP contribution in [0.3, 0.4) is 0 Å². The van der Waals surface area contributed by atoms with Crippen molar-refractivity contribution in [1.29, 1.82) is 5.41 Å². The number of amidine groups is 1. The van der Waals surface area contributed by atoms with E-state index >= 15 is 0 Å². The number of rotatable bonds is 5. The molecule has 4 rings (SSSR count). The van der Waals surface area contributed by atoms with Crippen molar-refractivity contribution in [2.45, 2.75) is 65.3 Å². The van der Waals surface area contributed by atoms with Crippen LogP contribution in [-0.4, -0.2) is 46.9 Å². The molecule has 1 saturated heterocycles. The summed E-state index contributed by atoms with van der Waals surface area (Å²) in [7, 11) is 0. The number of hydrogen-bond acceptors (Lipinski definition) is 5. The van der Waals surface area contributed by atoms with Gasteiger partial charge in [-0.3, -0.25) is 10.3 Å². The monoisotopic (exact) mass is 530 g/mol. The van der Waals surface area contributed by atoms with Crippen LogP contribution in [0.1, 0.15) is 64.7 Å². The molecule has 0 spiro atoms. The van der Waals surface area contributed by atoms with Gasteiger partial charge in [-0.15, -0.1) is 0 Å². The second-order valence-electron chi connectivity index (χ2n) is 12.5. The fourth-order valence-electron chi connectivity index (χ4n) is 5.08. The van der Waals surface area contributed by atoms with Gasteiger partial charge >= 0.3 is 0 Å². The van der Waals surface area contributed by atoms with Crippen molar-refractivity contribution in [3.8, 4) is 5.75 Å². The van der Waals surface area contributed by atoms with E-state index in [1.165, 1.54) is 11.3 Å². The van der Waals surface area contributed by atoms with E-state index in [1.54, 1.807) is 0 Å². The van der Waals surface area contributed by atoms with Crippen molar-refractivity contribution in [2.24, 2.45) is 0 Å². The number of allylic oxidation sites excluding steroid dienone is 3. The van der Waals surface area contributed by atoms with Crippen molar-refractivity contribution in [1.82, 2.24) is 4.90 Å². The van der Waals surface area contributed by atoms with E-state index in [9.17, 15) is 5.11 Å². The topological polar surface area (TPSA) is 62.6 Å². The molecule has 0 unspecified atom stereocenters. The number of hydrogen-bond donors (Lipinski definition) is 3. The summed E-state index contributed by atoms with van der Waals surface area (Å²) in [6.07, 6.45) is 6.60. The van der Waals surface area contributed by atoms with E-state index in [2.05, 4.69) is 80.9 Å². The molecule has 0 aromatic heterocycles. The van der Waals surface area contributed by atoms with Gasteiger partial charge in [-0.2, -0.15) is 0 Å². The van der Waals surface area contributed by atoms with Gasteiger partial charge in [-0.1, -0.05) is 84.1 Å². The van der Waals surface area contributed by atoms with Crippen molar-refractivity contribution >= 4 is 34.3 Å². The Morgan fingerprint density at radius 3 is 2.05 bits per heavy atom. The van der Waals surface area contributed by atoms with Crippen LogP contribution >= 0.6 is 12.2 Å². The maximum Gasteiger partial charge on any atom is 0.131 e. The molecule has 1 aliphatic heterocycles. The molecule has 1 fully saturated rings. The molecule has 2 aromatic rings. The highest BCUT2D eigenvalue weighted by Gasteiger charge is 2.27. The van der Waals surface area contributed by atoms with Crippen LogP contribution in [0.5, 0.6) is 5.75 Å². The zero-order valence-electron chi connectivity index (χ0n) is 23.7. The molecule has 2 aromatic carbocycles. The number of aromatic hydroxyl groups is 1. The fourth-order valence-corrected chi connectivity index (χ4v) is 5.35. The minimum absolute atomic E-state index is 0.116. The second kappa shape index (κ2) is 11.0. The lowest BCUT2D eigenvalue weighted by atomic mass is 9.78. The van der Waals surface area contributed by atoms with Crippen LogP contribution < -0.4 is 10.2 Å². The second-order valence-corrected chi connectivity index (χ2v) is 13.0. The number of nitrogens with one attached hydrogen (secondary N) is 2. The maximum absolute atomic E-state index is 11.0. The van der Waals surface area contributed by atoms with Gasteiger partial charge in [0.1, 0.15) is 11.6 Å². The van der Waals surface area contributed by atoms with Gasteiger partial charge in [0.15, 0.2) is 0 Å². The molecular formula is C32H42N4OS. The van der Waals surface area contributed by atoms with Crippen molar-refractivity contribution in [3.05, 3.63) is 76.9 Å². The third-order valence-corrected chi connectivity index (χ3v) is 7.72. The van der Waals surface area contributed by atoms with Crippen LogP contribution in [0, 0.1) is 5.41 Å². The number of phenolic OH excluding ortho intramolecular Hbond substituents is 1. The van der Waals surface area contributed by atoms with E-state index in [0.29, 0.717) is 11.6 Å². The van der Waals surface area contributed by atoms with Gasteiger partial charge in [-0.05, 0) is 51.8 Å². The lowest BCUT2D eigenvalue weighted by molar-refractivity contribution is 0.249. The Bertz CT molecular complexity index is 1220. The van der Waals surface area contributed by atoms with Crippen LogP contribution in [0.25, 0.3) is 0 Å². The third kappa shape index (κ3) is 6.54. The predicted octanol–water partition coefficient (Wildman–Crippen LogP) is 6.95. The first-order chi connectivity index (χ1) is 17.8. The quantitative estimate of drug-likeness (QED) is 0.222. The van der Waals surface area contributed by atoms with E-state index in [1.807, 2.05) is 30.4 Å². The summed E-state index contributed by atoms with van der Waals surface area (Å²) in [5.74, 6) is 0.792. The average molecular weight is 531 g/mol. The van der Waals surface area contributed by atoms with Gasteiger partial charge in [0.25, 0.3) is 0 Å². The lowest BCUT2D eigenvalue weighted by Crippen LogP contribution is -2.46. The normalized spacial score (nSPS) is 16.9. The number of phenols is 1. The van der Waals surface area contributed by atoms with Crippen LogP contribution in [0.4, 0.5) is 11.4 Å². The first kappa shape index (κ1) is 28.1. The summed E-state index contributed by atoms with van der Waals surface area (Å²) in [6.45, 7) is 17.8. The highest BCUT2D eigenvalue weighted by molar-refractivity contribution is 7.81. The largest absolute Gasteiger partial charge is 0.507 e. The molecule has 0 amide bonds. The number of nitrogens with zero attached hydrogens (tertiary/aromatic N) is 2. The van der Waals surface area contributed by atoms with Crippen molar-refractivity contribution < 1.29 is 5.11 Å². The zero-order chi connectivity index (χ0) is 27.7. The summed E-state index contributed by atoms with van der Waals surface area (Å²) in [5, 5.41) is 22.6. The smallest absolute Gasteiger partial charge is 0.131 e. The van der Waals surface area contributed by atoms with Gasteiger partial charge < -0.3 is 15.3 Å². The molecule has 3 N–H and O–H groups in total. The maximum atomic E-state index is 11.0. The number of thiocarbonyl (C=S) groups is 1. The summed E-state index contributed by atoms with van der Waals surface area (Å²) in [6, 6.07) is 12.7. The Morgan fingerprint density at radius 2 is 1.53 bits per heavy atom. The predicted molar refractivity (Wildman–Crippen MR) is 165 cm³/mol. The first-order valence-corrected chi connectivity index (χ1v) is 13.9. The Kier molecular flexibility index (Phi) is 8.15. The highest BCUT2D eigenvalue weighted by atomic mass is 32.1. The minimum Gasteiger partial charge on any atom is -0.507 e. The van der Waals surface area contributed by atoms with Crippen molar-refractivity contribution in [2.75, 3.05) is 36.4 Å². The average Bonchev–Trinajstić information content (AvgIpc) is 2.85. The van der Waals surface area contributed by atoms with Gasteiger partial charge in [0.05, 0.1) is 0 Å². The van der Waals surface area contributed by atoms with Crippen molar-refractivity contribution in [3.63, 3.8) is 0 Å². The molecule has 1 heterocycles. The minimum atomic E-state index is -0.116. The summed E-state index contributed by atoms with van der Waals surface area (Å²) in [5.41, 5.74) is 5.98. The lowest BCUT2D eigenvalue weighted by Gasteiger charge is -2.36. The number of piperazine rings is 1. The molecule has 2 aliphatic rings. The Hall–Kier alpha value is -2.96. The van der Waals surface area contributed by atoms with Crippen LogP contribution in [-0.2, 0) is 17.4 Å². The Morgan fingerprint density at radius 1 is 0.947 bits per heavy atom. The molecule has 6 heteroatoms. The molecule has 202 valence electrons. The molecule has 1 aliphatic carbocycles. The SMILES string of the molecule is CC(C)(C)c1cc(CN2CCN(c3ccc(NC(=N)C4=CC=CCC4=S)cc3)CC2)cc(C(C)(C)C)c1O. The number of anilines is 2. The van der Waals surface area contributed by atoms with Gasteiger partial charge in [-0.25, -0.2) is 0 Å². The Labute approximate surface area is 233 Å². The van der Waals surface area contributed by atoms with E-state index in [4.69, 9.17) is 17.6 Å². The summed E-state index contributed by atoms with van der Waals surface area (Å²) < 4.78 is 0. The molecule has 0 saturated carbocycles. The van der Waals surface area contributed by atoms with Gasteiger partial charge in [0, 0.05) is 61.0 Å². The van der Waals surface area contributed by atoms with Gasteiger partial charge in [0.2, 0.25) is 0 Å². The summed E-state index contributed by atoms with van der Waals surface area (Å²) >= 11 is 5.40. The first-order valence-electron chi connectivity index (χ1n) is 13.5.